The number of hydrogen-bond acceptors (Lipinski definition) is 6. The molecule has 0 aliphatic rings. The van der Waals surface area contributed by atoms with Gasteiger partial charge in [0.05, 0.1) is 10.6 Å². The van der Waals surface area contributed by atoms with Gasteiger partial charge in [-0.3, -0.25) is 10.1 Å². The minimum absolute atomic E-state index is 0.000438. The van der Waals surface area contributed by atoms with Gasteiger partial charge in [-0.05, 0) is 12.0 Å². The topological polar surface area (TPSA) is 95.5 Å². The fraction of sp³-hybridized carbons (Fsp3) is 0.214. The van der Waals surface area contributed by atoms with Gasteiger partial charge in [-0.15, -0.1) is 0 Å². The molecule has 0 aliphatic carbocycles. The molecule has 0 saturated heterocycles. The van der Waals surface area contributed by atoms with Crippen LogP contribution < -0.4 is 4.74 Å². The quantitative estimate of drug-likeness (QED) is 0.534. The van der Waals surface area contributed by atoms with Crippen LogP contribution in [0.4, 0.5) is 5.69 Å². The number of nitro groups is 1. The highest BCUT2D eigenvalue weighted by atomic mass is 35.5. The molecule has 23 heavy (non-hydrogen) atoms. The summed E-state index contributed by atoms with van der Waals surface area (Å²) in [5, 5.41) is 14.9. The highest BCUT2D eigenvalue weighted by Crippen LogP contribution is 2.31. The van der Waals surface area contributed by atoms with E-state index in [1.54, 1.807) is 6.07 Å². The normalized spacial score (nSPS) is 11.1. The van der Waals surface area contributed by atoms with Crippen LogP contribution in [0.3, 0.4) is 0 Å². The molecule has 0 radical (unpaired) electrons. The highest BCUT2D eigenvalue weighted by Gasteiger charge is 2.15. The third-order valence-electron chi connectivity index (χ3n) is 3.17. The Morgan fingerprint density at radius 3 is 2.78 bits per heavy atom. The molecule has 0 spiro atoms. The second-order valence-electron chi connectivity index (χ2n) is 5.12. The summed E-state index contributed by atoms with van der Waals surface area (Å²) in [5.74, 6) is 1.36. The SMILES string of the molecule is CC(C)c1cc(Oc2ccc([N+](=O)[O-])c(Cl)c2)n2ncnc2n1. The zero-order chi connectivity index (χ0) is 16.6. The summed E-state index contributed by atoms with van der Waals surface area (Å²) in [5.41, 5.74) is 0.621. The smallest absolute Gasteiger partial charge is 0.288 e. The minimum Gasteiger partial charge on any atom is -0.439 e. The first-order chi connectivity index (χ1) is 11.0. The number of rotatable bonds is 4. The van der Waals surface area contributed by atoms with E-state index < -0.39 is 4.92 Å². The van der Waals surface area contributed by atoms with E-state index in [0.29, 0.717) is 17.4 Å². The Balaban J connectivity index is 2.02. The van der Waals surface area contributed by atoms with Crippen LogP contribution in [0.1, 0.15) is 25.5 Å². The third kappa shape index (κ3) is 2.93. The Labute approximate surface area is 135 Å². The molecule has 9 heteroatoms. The van der Waals surface area contributed by atoms with Gasteiger partial charge < -0.3 is 4.74 Å². The minimum atomic E-state index is -0.551. The average molecular weight is 334 g/mol. The van der Waals surface area contributed by atoms with Crippen molar-refractivity contribution >= 4 is 23.1 Å². The van der Waals surface area contributed by atoms with E-state index in [1.165, 1.54) is 29.0 Å². The van der Waals surface area contributed by atoms with E-state index in [2.05, 4.69) is 15.1 Å². The standard InChI is InChI=1S/C14H12ClN5O3/c1-8(2)11-6-13(19-14(18-11)16-7-17-19)23-9-3-4-12(20(21)22)10(15)5-9/h3-8H,1-2H3. The number of benzene rings is 1. The lowest BCUT2D eigenvalue weighted by atomic mass is 10.1. The molecular weight excluding hydrogens is 322 g/mol. The van der Waals surface area contributed by atoms with Crippen LogP contribution >= 0.6 is 11.6 Å². The predicted molar refractivity (Wildman–Crippen MR) is 83.1 cm³/mol. The number of halogens is 1. The molecule has 1 aromatic carbocycles. The molecule has 0 N–H and O–H groups in total. The molecule has 0 aliphatic heterocycles. The summed E-state index contributed by atoms with van der Waals surface area (Å²) in [6, 6.07) is 5.91. The summed E-state index contributed by atoms with van der Waals surface area (Å²) < 4.78 is 7.22. The van der Waals surface area contributed by atoms with Crippen molar-refractivity contribution in [3.8, 4) is 11.6 Å². The van der Waals surface area contributed by atoms with Gasteiger partial charge in [0.25, 0.3) is 11.5 Å². The lowest BCUT2D eigenvalue weighted by Crippen LogP contribution is -2.02. The Hall–Kier alpha value is -2.74. The van der Waals surface area contributed by atoms with Gasteiger partial charge in [0, 0.05) is 18.2 Å². The second-order valence-corrected chi connectivity index (χ2v) is 5.53. The Kier molecular flexibility index (Phi) is 3.83. The largest absolute Gasteiger partial charge is 0.439 e. The van der Waals surface area contributed by atoms with Gasteiger partial charge in [-0.25, -0.2) is 4.98 Å². The summed E-state index contributed by atoms with van der Waals surface area (Å²) in [6.45, 7) is 4.00. The van der Waals surface area contributed by atoms with Crippen molar-refractivity contribution < 1.29 is 9.66 Å². The zero-order valence-electron chi connectivity index (χ0n) is 12.3. The van der Waals surface area contributed by atoms with Gasteiger partial charge in [-0.1, -0.05) is 25.4 Å². The Morgan fingerprint density at radius 2 is 2.13 bits per heavy atom. The molecule has 0 amide bonds. The molecule has 0 atom stereocenters. The van der Waals surface area contributed by atoms with Crippen LogP contribution in [-0.2, 0) is 0 Å². The predicted octanol–water partition coefficient (Wildman–Crippen LogP) is 3.60. The lowest BCUT2D eigenvalue weighted by Gasteiger charge is -2.10. The van der Waals surface area contributed by atoms with Crippen LogP contribution in [0, 0.1) is 10.1 Å². The number of hydrogen-bond donors (Lipinski definition) is 0. The molecule has 0 saturated carbocycles. The Bertz CT molecular complexity index is 893. The summed E-state index contributed by atoms with van der Waals surface area (Å²) in [4.78, 5) is 18.7. The van der Waals surface area contributed by atoms with Crippen LogP contribution in [-0.4, -0.2) is 24.5 Å². The van der Waals surface area contributed by atoms with Crippen molar-refractivity contribution in [1.29, 1.82) is 0 Å². The van der Waals surface area contributed by atoms with E-state index in [1.807, 2.05) is 13.8 Å². The van der Waals surface area contributed by atoms with Crippen molar-refractivity contribution in [3.05, 3.63) is 51.4 Å². The maximum Gasteiger partial charge on any atom is 0.288 e. The summed E-state index contributed by atoms with van der Waals surface area (Å²) in [7, 11) is 0. The molecule has 8 nitrogen and oxygen atoms in total. The number of nitrogens with zero attached hydrogens (tertiary/aromatic N) is 5. The maximum atomic E-state index is 10.8. The molecule has 3 aromatic rings. The van der Waals surface area contributed by atoms with E-state index in [9.17, 15) is 10.1 Å². The number of fused-ring (bicyclic) bond motifs is 1. The first-order valence-corrected chi connectivity index (χ1v) is 7.16. The fourth-order valence-electron chi connectivity index (χ4n) is 1.99. The van der Waals surface area contributed by atoms with Crippen LogP contribution in [0.5, 0.6) is 11.6 Å². The lowest BCUT2D eigenvalue weighted by molar-refractivity contribution is -0.384. The summed E-state index contributed by atoms with van der Waals surface area (Å²) in [6.07, 6.45) is 1.38. The first kappa shape index (κ1) is 15.2. The highest BCUT2D eigenvalue weighted by molar-refractivity contribution is 6.32. The number of aromatic nitrogens is 4. The maximum absolute atomic E-state index is 10.8. The van der Waals surface area contributed by atoms with Crippen molar-refractivity contribution in [2.24, 2.45) is 0 Å². The van der Waals surface area contributed by atoms with E-state index in [0.717, 1.165) is 5.69 Å². The Morgan fingerprint density at radius 1 is 1.35 bits per heavy atom. The molecule has 0 bridgehead atoms. The van der Waals surface area contributed by atoms with Crippen molar-refractivity contribution in [2.75, 3.05) is 0 Å². The molecule has 118 valence electrons. The third-order valence-corrected chi connectivity index (χ3v) is 3.47. The molecule has 2 aromatic heterocycles. The van der Waals surface area contributed by atoms with Crippen molar-refractivity contribution in [1.82, 2.24) is 19.6 Å². The number of nitro benzene ring substituents is 1. The van der Waals surface area contributed by atoms with Crippen molar-refractivity contribution in [3.63, 3.8) is 0 Å². The summed E-state index contributed by atoms with van der Waals surface area (Å²) >= 11 is 5.90. The van der Waals surface area contributed by atoms with Crippen LogP contribution in [0.2, 0.25) is 5.02 Å². The second kappa shape index (κ2) is 5.81. The van der Waals surface area contributed by atoms with E-state index in [4.69, 9.17) is 16.3 Å². The molecule has 0 fully saturated rings. The van der Waals surface area contributed by atoms with E-state index in [-0.39, 0.29) is 16.6 Å². The fourth-order valence-corrected chi connectivity index (χ4v) is 2.23. The monoisotopic (exact) mass is 333 g/mol. The van der Waals surface area contributed by atoms with Gasteiger partial charge in [0.2, 0.25) is 5.88 Å². The van der Waals surface area contributed by atoms with Gasteiger partial charge in [0.15, 0.2) is 0 Å². The van der Waals surface area contributed by atoms with Crippen molar-refractivity contribution in [2.45, 2.75) is 19.8 Å². The van der Waals surface area contributed by atoms with Gasteiger partial charge in [0.1, 0.15) is 17.1 Å². The number of ether oxygens (including phenoxy) is 1. The molecular formula is C14H12ClN5O3. The van der Waals surface area contributed by atoms with Crippen LogP contribution in [0.25, 0.3) is 5.78 Å². The molecule has 2 heterocycles. The van der Waals surface area contributed by atoms with Crippen LogP contribution in [0.15, 0.2) is 30.6 Å². The average Bonchev–Trinajstić information content (AvgIpc) is 2.95. The molecule has 0 unspecified atom stereocenters. The van der Waals surface area contributed by atoms with Gasteiger partial charge in [-0.2, -0.15) is 14.6 Å². The molecule has 3 rings (SSSR count). The van der Waals surface area contributed by atoms with Gasteiger partial charge >= 0.3 is 0 Å². The first-order valence-electron chi connectivity index (χ1n) is 6.78. The van der Waals surface area contributed by atoms with E-state index >= 15 is 0 Å². The zero-order valence-corrected chi connectivity index (χ0v) is 13.1.